The number of hydrogen-bond donors (Lipinski definition) is 1. The summed E-state index contributed by atoms with van der Waals surface area (Å²) in [5, 5.41) is 8.82. The highest BCUT2D eigenvalue weighted by Gasteiger charge is 2.14. The lowest BCUT2D eigenvalue weighted by atomic mass is 9.97. The second kappa shape index (κ2) is 11.8. The van der Waals surface area contributed by atoms with Gasteiger partial charge in [-0.15, -0.1) is 0 Å². The SMILES string of the molecule is CC(COC(C)C(C)C)CC(=O)OCc1ccc(CC(C)CC(=O)O)cc1. The first kappa shape index (κ1) is 23.2. The minimum atomic E-state index is -0.774. The molecule has 3 unspecified atom stereocenters. The van der Waals surface area contributed by atoms with Gasteiger partial charge >= 0.3 is 11.9 Å². The van der Waals surface area contributed by atoms with Crippen LogP contribution in [0.25, 0.3) is 0 Å². The Kier molecular flexibility index (Phi) is 10.1. The summed E-state index contributed by atoms with van der Waals surface area (Å²) < 4.78 is 11.1. The lowest BCUT2D eigenvalue weighted by molar-refractivity contribution is -0.146. The van der Waals surface area contributed by atoms with Gasteiger partial charge in [0.25, 0.3) is 0 Å². The molecule has 0 aliphatic heterocycles. The van der Waals surface area contributed by atoms with E-state index in [1.54, 1.807) is 0 Å². The van der Waals surface area contributed by atoms with Crippen LogP contribution < -0.4 is 0 Å². The standard InChI is InChI=1S/C22H34O5/c1-15(2)18(5)26-13-17(4)12-22(25)27-14-20-8-6-19(7-9-20)10-16(3)11-21(23)24/h6-9,15-18H,10-14H2,1-5H3,(H,23,24). The number of rotatable bonds is 12. The monoisotopic (exact) mass is 378 g/mol. The number of carboxylic acids is 1. The summed E-state index contributed by atoms with van der Waals surface area (Å²) in [7, 11) is 0. The van der Waals surface area contributed by atoms with Gasteiger partial charge in [0.05, 0.1) is 19.1 Å². The van der Waals surface area contributed by atoms with E-state index < -0.39 is 5.97 Å². The van der Waals surface area contributed by atoms with Crippen molar-refractivity contribution in [3.05, 3.63) is 35.4 Å². The van der Waals surface area contributed by atoms with Crippen LogP contribution in [0.1, 0.15) is 58.6 Å². The Balaban J connectivity index is 2.34. The second-order valence-corrected chi connectivity index (χ2v) is 7.98. The van der Waals surface area contributed by atoms with Gasteiger partial charge in [-0.3, -0.25) is 9.59 Å². The molecule has 0 radical (unpaired) electrons. The Labute approximate surface area is 163 Å². The predicted molar refractivity (Wildman–Crippen MR) is 105 cm³/mol. The van der Waals surface area contributed by atoms with Crippen molar-refractivity contribution < 1.29 is 24.2 Å². The minimum absolute atomic E-state index is 0.0910. The van der Waals surface area contributed by atoms with E-state index in [2.05, 4.69) is 13.8 Å². The maximum absolute atomic E-state index is 12.0. The van der Waals surface area contributed by atoms with Gasteiger partial charge in [0.15, 0.2) is 0 Å². The third-order valence-corrected chi connectivity index (χ3v) is 4.63. The van der Waals surface area contributed by atoms with Crippen LogP contribution in [0, 0.1) is 17.8 Å². The van der Waals surface area contributed by atoms with Gasteiger partial charge in [0, 0.05) is 6.42 Å². The molecule has 0 saturated heterocycles. The molecule has 5 nitrogen and oxygen atoms in total. The highest BCUT2D eigenvalue weighted by molar-refractivity contribution is 5.69. The first-order valence-corrected chi connectivity index (χ1v) is 9.74. The molecule has 0 aliphatic carbocycles. The largest absolute Gasteiger partial charge is 0.481 e. The van der Waals surface area contributed by atoms with Crippen molar-refractivity contribution in [2.45, 2.75) is 66.6 Å². The fourth-order valence-electron chi connectivity index (χ4n) is 2.62. The molecule has 0 aromatic heterocycles. The van der Waals surface area contributed by atoms with Gasteiger partial charge in [-0.2, -0.15) is 0 Å². The van der Waals surface area contributed by atoms with Crippen LogP contribution in [0.5, 0.6) is 0 Å². The second-order valence-electron chi connectivity index (χ2n) is 7.98. The quantitative estimate of drug-likeness (QED) is 0.543. The third kappa shape index (κ3) is 10.1. The molecule has 5 heteroatoms. The van der Waals surface area contributed by atoms with Gasteiger partial charge in [-0.05, 0) is 42.2 Å². The summed E-state index contributed by atoms with van der Waals surface area (Å²) in [5.41, 5.74) is 2.01. The molecule has 27 heavy (non-hydrogen) atoms. The van der Waals surface area contributed by atoms with Crippen molar-refractivity contribution in [3.63, 3.8) is 0 Å². The highest BCUT2D eigenvalue weighted by atomic mass is 16.5. The van der Waals surface area contributed by atoms with Crippen molar-refractivity contribution in [1.82, 2.24) is 0 Å². The van der Waals surface area contributed by atoms with Crippen LogP contribution >= 0.6 is 0 Å². The van der Waals surface area contributed by atoms with Gasteiger partial charge < -0.3 is 14.6 Å². The van der Waals surface area contributed by atoms with Crippen LogP contribution in [-0.2, 0) is 32.1 Å². The molecular formula is C22H34O5. The summed E-state index contributed by atoms with van der Waals surface area (Å²) >= 11 is 0. The summed E-state index contributed by atoms with van der Waals surface area (Å²) in [4.78, 5) is 22.7. The fraction of sp³-hybridized carbons (Fsp3) is 0.636. The van der Waals surface area contributed by atoms with Crippen molar-refractivity contribution in [2.24, 2.45) is 17.8 Å². The molecule has 1 N–H and O–H groups in total. The van der Waals surface area contributed by atoms with E-state index in [0.29, 0.717) is 18.9 Å². The van der Waals surface area contributed by atoms with Crippen LogP contribution in [0.3, 0.4) is 0 Å². The average molecular weight is 379 g/mol. The lowest BCUT2D eigenvalue weighted by Gasteiger charge is -2.19. The number of aliphatic carboxylic acids is 1. The first-order valence-electron chi connectivity index (χ1n) is 9.74. The van der Waals surface area contributed by atoms with E-state index in [1.807, 2.05) is 45.0 Å². The zero-order valence-corrected chi connectivity index (χ0v) is 17.2. The Hall–Kier alpha value is -1.88. The summed E-state index contributed by atoms with van der Waals surface area (Å²) in [6.45, 7) is 11.0. The number of benzene rings is 1. The zero-order valence-electron chi connectivity index (χ0n) is 17.2. The number of hydrogen-bond acceptors (Lipinski definition) is 4. The van der Waals surface area contributed by atoms with E-state index in [4.69, 9.17) is 14.6 Å². The van der Waals surface area contributed by atoms with Crippen molar-refractivity contribution in [2.75, 3.05) is 6.61 Å². The molecule has 0 bridgehead atoms. The lowest BCUT2D eigenvalue weighted by Crippen LogP contribution is -2.21. The average Bonchev–Trinajstić information content (AvgIpc) is 2.58. The van der Waals surface area contributed by atoms with Crippen LogP contribution in [0.4, 0.5) is 0 Å². The first-order chi connectivity index (χ1) is 12.7. The van der Waals surface area contributed by atoms with Crippen LogP contribution in [0.15, 0.2) is 24.3 Å². The van der Waals surface area contributed by atoms with Gasteiger partial charge in [-0.25, -0.2) is 0 Å². The van der Waals surface area contributed by atoms with Gasteiger partial charge in [0.1, 0.15) is 6.61 Å². The van der Waals surface area contributed by atoms with Crippen molar-refractivity contribution in [3.8, 4) is 0 Å². The Morgan fingerprint density at radius 3 is 2.07 bits per heavy atom. The van der Waals surface area contributed by atoms with E-state index in [9.17, 15) is 9.59 Å². The van der Waals surface area contributed by atoms with E-state index in [1.165, 1.54) is 0 Å². The smallest absolute Gasteiger partial charge is 0.306 e. The van der Waals surface area contributed by atoms with Gasteiger partial charge in [0.2, 0.25) is 0 Å². The number of ether oxygens (including phenoxy) is 2. The molecule has 152 valence electrons. The molecule has 1 rings (SSSR count). The molecule has 0 fully saturated rings. The molecule has 0 spiro atoms. The number of carbonyl (C=O) groups is 2. The summed E-state index contributed by atoms with van der Waals surface area (Å²) in [6.07, 6.45) is 1.41. The Morgan fingerprint density at radius 1 is 0.926 bits per heavy atom. The molecule has 0 amide bonds. The van der Waals surface area contributed by atoms with Crippen molar-refractivity contribution >= 4 is 11.9 Å². The molecular weight excluding hydrogens is 344 g/mol. The number of carbonyl (C=O) groups excluding carboxylic acids is 1. The van der Waals surface area contributed by atoms with Crippen LogP contribution in [-0.4, -0.2) is 29.8 Å². The maximum Gasteiger partial charge on any atom is 0.306 e. The van der Waals surface area contributed by atoms with E-state index in [0.717, 1.165) is 17.5 Å². The summed E-state index contributed by atoms with van der Waals surface area (Å²) in [5.74, 6) is -0.323. The van der Waals surface area contributed by atoms with Crippen LogP contribution in [0.2, 0.25) is 0 Å². The maximum atomic E-state index is 12.0. The molecule has 0 aliphatic rings. The van der Waals surface area contributed by atoms with Gasteiger partial charge in [-0.1, -0.05) is 52.0 Å². The molecule has 1 aromatic rings. The predicted octanol–water partition coefficient (Wildman–Crippen LogP) is 4.47. The molecule has 1 aromatic carbocycles. The molecule has 0 saturated carbocycles. The third-order valence-electron chi connectivity index (χ3n) is 4.63. The topological polar surface area (TPSA) is 72.8 Å². The normalized spacial score (nSPS) is 14.6. The zero-order chi connectivity index (χ0) is 20.4. The Bertz CT molecular complexity index is 579. The molecule has 3 atom stereocenters. The highest BCUT2D eigenvalue weighted by Crippen LogP contribution is 2.15. The molecule has 0 heterocycles. The summed E-state index contributed by atoms with van der Waals surface area (Å²) in [6, 6.07) is 7.77. The van der Waals surface area contributed by atoms with Crippen molar-refractivity contribution in [1.29, 1.82) is 0 Å². The number of esters is 1. The number of carboxylic acid groups (broad SMARTS) is 1. The fourth-order valence-corrected chi connectivity index (χ4v) is 2.62. The Morgan fingerprint density at radius 2 is 1.52 bits per heavy atom. The minimum Gasteiger partial charge on any atom is -0.481 e. The van der Waals surface area contributed by atoms with E-state index >= 15 is 0 Å². The van der Waals surface area contributed by atoms with E-state index in [-0.39, 0.29) is 36.9 Å².